The summed E-state index contributed by atoms with van der Waals surface area (Å²) in [7, 11) is 0. The molecule has 0 N–H and O–H groups in total. The third-order valence-corrected chi connectivity index (χ3v) is 4.58. The van der Waals surface area contributed by atoms with Crippen molar-refractivity contribution < 1.29 is 18.4 Å². The van der Waals surface area contributed by atoms with Crippen molar-refractivity contribution in [3.05, 3.63) is 24.3 Å². The topological polar surface area (TPSA) is 66.4 Å². The number of amides is 2. The molecular formula is C15H18F2N4O2. The number of carbonyl (C=O) groups is 2. The van der Waals surface area contributed by atoms with Gasteiger partial charge in [-0.15, -0.1) is 0 Å². The fourth-order valence-corrected chi connectivity index (χ4v) is 3.54. The normalized spacial score (nSPS) is 26.8. The number of nitrogens with zero attached hydrogens (tertiary/aromatic N) is 4. The predicted octanol–water partition coefficient (Wildman–Crippen LogP) is 1.20. The number of carbonyl (C=O) groups excluding carboxylic acids is 2. The molecule has 2 amide bonds. The van der Waals surface area contributed by atoms with Gasteiger partial charge in [-0.25, -0.2) is 18.7 Å². The molecule has 2 aliphatic heterocycles. The minimum atomic E-state index is -3.08. The summed E-state index contributed by atoms with van der Waals surface area (Å²) in [5, 5.41) is 0. The molecule has 1 aromatic heterocycles. The largest absolute Gasteiger partial charge is 0.342 e. The van der Waals surface area contributed by atoms with Crippen LogP contribution in [0.15, 0.2) is 18.6 Å². The second-order valence-electron chi connectivity index (χ2n) is 6.20. The van der Waals surface area contributed by atoms with Crippen LogP contribution in [0.3, 0.4) is 0 Å². The molecule has 2 aliphatic rings. The van der Waals surface area contributed by atoms with Gasteiger partial charge in [0.15, 0.2) is 0 Å². The monoisotopic (exact) mass is 324 g/mol. The first kappa shape index (κ1) is 15.8. The summed E-state index contributed by atoms with van der Waals surface area (Å²) < 4.78 is 28.5. The Kier molecular flexibility index (Phi) is 3.77. The maximum Gasteiger partial charge on any atom is 0.272 e. The third kappa shape index (κ3) is 2.77. The molecule has 0 bridgehead atoms. The van der Waals surface area contributed by atoms with Crippen LogP contribution < -0.4 is 0 Å². The van der Waals surface area contributed by atoms with Gasteiger partial charge < -0.3 is 9.80 Å². The van der Waals surface area contributed by atoms with Gasteiger partial charge in [-0.2, -0.15) is 0 Å². The first-order valence-electron chi connectivity index (χ1n) is 7.59. The van der Waals surface area contributed by atoms with Crippen molar-refractivity contribution in [2.45, 2.75) is 25.7 Å². The second-order valence-corrected chi connectivity index (χ2v) is 6.20. The van der Waals surface area contributed by atoms with Gasteiger partial charge in [0.05, 0.1) is 12.0 Å². The Morgan fingerprint density at radius 2 is 2.17 bits per heavy atom. The molecule has 0 aliphatic carbocycles. The summed E-state index contributed by atoms with van der Waals surface area (Å²) in [6.07, 6.45) is 2.44. The van der Waals surface area contributed by atoms with Crippen molar-refractivity contribution >= 4 is 11.8 Å². The van der Waals surface area contributed by atoms with Crippen molar-refractivity contribution in [3.8, 4) is 0 Å². The van der Waals surface area contributed by atoms with Gasteiger partial charge in [0.25, 0.3) is 11.8 Å². The van der Waals surface area contributed by atoms with Crippen LogP contribution in [0.5, 0.6) is 0 Å². The molecule has 23 heavy (non-hydrogen) atoms. The molecule has 0 aromatic carbocycles. The van der Waals surface area contributed by atoms with Crippen molar-refractivity contribution in [2.75, 3.05) is 26.2 Å². The number of halogens is 2. The Hall–Kier alpha value is -2.12. The number of likely N-dealkylation sites (tertiary alicyclic amines) is 2. The van der Waals surface area contributed by atoms with Gasteiger partial charge >= 0.3 is 0 Å². The van der Waals surface area contributed by atoms with E-state index in [1.165, 1.54) is 18.6 Å². The molecule has 1 aromatic rings. The van der Waals surface area contributed by atoms with E-state index in [1.54, 1.807) is 4.90 Å². The smallest absolute Gasteiger partial charge is 0.272 e. The standard InChI is InChI=1S/C15H18F2N4O2/c1-2-20-6-4-14(13(20)23)7-15(16,17)9-21(8-14)12(22)11-3-5-18-10-19-11/h3,5,10H,2,4,6-9H2,1H3. The number of rotatable bonds is 2. The fourth-order valence-electron chi connectivity index (χ4n) is 3.54. The zero-order valence-corrected chi connectivity index (χ0v) is 12.8. The van der Waals surface area contributed by atoms with Gasteiger partial charge in [-0.05, 0) is 19.4 Å². The lowest BCUT2D eigenvalue weighted by atomic mass is 9.77. The molecule has 1 atom stereocenters. The van der Waals surface area contributed by atoms with Gasteiger partial charge in [-0.3, -0.25) is 9.59 Å². The summed E-state index contributed by atoms with van der Waals surface area (Å²) in [6.45, 7) is 2.10. The third-order valence-electron chi connectivity index (χ3n) is 4.58. The number of aromatic nitrogens is 2. The predicted molar refractivity (Wildman–Crippen MR) is 76.8 cm³/mol. The summed E-state index contributed by atoms with van der Waals surface area (Å²) in [5.41, 5.74) is -1.12. The zero-order chi connectivity index (χ0) is 16.7. The van der Waals surface area contributed by atoms with Crippen LogP contribution in [-0.2, 0) is 4.79 Å². The molecule has 1 unspecified atom stereocenters. The molecule has 8 heteroatoms. The summed E-state index contributed by atoms with van der Waals surface area (Å²) in [6, 6.07) is 1.39. The van der Waals surface area contributed by atoms with E-state index >= 15 is 0 Å². The van der Waals surface area contributed by atoms with Crippen LogP contribution in [0.1, 0.15) is 30.3 Å². The molecule has 124 valence electrons. The number of hydrogen-bond acceptors (Lipinski definition) is 4. The van der Waals surface area contributed by atoms with E-state index in [1.807, 2.05) is 6.92 Å². The van der Waals surface area contributed by atoms with Crippen LogP contribution in [0, 0.1) is 5.41 Å². The molecule has 2 saturated heterocycles. The van der Waals surface area contributed by atoms with Gasteiger partial charge in [0.2, 0.25) is 5.91 Å². The quantitative estimate of drug-likeness (QED) is 0.820. The number of piperidine rings is 1. The Morgan fingerprint density at radius 3 is 2.78 bits per heavy atom. The first-order valence-corrected chi connectivity index (χ1v) is 7.59. The average molecular weight is 324 g/mol. The van der Waals surface area contributed by atoms with Crippen molar-refractivity contribution in [3.63, 3.8) is 0 Å². The Balaban J connectivity index is 1.88. The highest BCUT2D eigenvalue weighted by Crippen LogP contribution is 2.45. The summed E-state index contributed by atoms with van der Waals surface area (Å²) in [5.74, 6) is -3.95. The number of hydrogen-bond donors (Lipinski definition) is 0. The summed E-state index contributed by atoms with van der Waals surface area (Å²) in [4.78, 5) is 35.2. The van der Waals surface area contributed by atoms with Crippen molar-refractivity contribution in [1.82, 2.24) is 19.8 Å². The Labute approximate surface area is 132 Å². The minimum absolute atomic E-state index is 0.0146. The first-order chi connectivity index (χ1) is 10.9. The fraction of sp³-hybridized carbons (Fsp3) is 0.600. The van der Waals surface area contributed by atoms with Crippen LogP contribution in [-0.4, -0.2) is 63.7 Å². The molecule has 6 nitrogen and oxygen atoms in total. The molecule has 0 saturated carbocycles. The van der Waals surface area contributed by atoms with E-state index in [4.69, 9.17) is 0 Å². The van der Waals surface area contributed by atoms with Crippen LogP contribution in [0.25, 0.3) is 0 Å². The van der Waals surface area contributed by atoms with E-state index in [9.17, 15) is 18.4 Å². The van der Waals surface area contributed by atoms with E-state index in [0.717, 1.165) is 4.90 Å². The van der Waals surface area contributed by atoms with Gasteiger partial charge in [0.1, 0.15) is 12.0 Å². The highest BCUT2D eigenvalue weighted by atomic mass is 19.3. The molecule has 0 radical (unpaired) electrons. The highest BCUT2D eigenvalue weighted by Gasteiger charge is 2.57. The molecule has 1 spiro atoms. The maximum atomic E-state index is 14.2. The second kappa shape index (κ2) is 5.50. The minimum Gasteiger partial charge on any atom is -0.342 e. The van der Waals surface area contributed by atoms with E-state index in [2.05, 4.69) is 9.97 Å². The molecule has 2 fully saturated rings. The van der Waals surface area contributed by atoms with Crippen LogP contribution in [0.4, 0.5) is 8.78 Å². The molecule has 3 rings (SSSR count). The van der Waals surface area contributed by atoms with Crippen molar-refractivity contribution in [2.24, 2.45) is 5.41 Å². The maximum absolute atomic E-state index is 14.2. The van der Waals surface area contributed by atoms with E-state index < -0.39 is 30.2 Å². The lowest BCUT2D eigenvalue weighted by Crippen LogP contribution is -2.57. The van der Waals surface area contributed by atoms with E-state index in [0.29, 0.717) is 19.5 Å². The lowest BCUT2D eigenvalue weighted by molar-refractivity contribution is -0.151. The van der Waals surface area contributed by atoms with Crippen molar-refractivity contribution in [1.29, 1.82) is 0 Å². The Bertz CT molecular complexity index is 625. The molecular weight excluding hydrogens is 306 g/mol. The van der Waals surface area contributed by atoms with Gasteiger partial charge in [0, 0.05) is 32.3 Å². The lowest BCUT2D eigenvalue weighted by Gasteiger charge is -2.42. The average Bonchev–Trinajstić information content (AvgIpc) is 2.81. The van der Waals surface area contributed by atoms with Crippen LogP contribution in [0.2, 0.25) is 0 Å². The zero-order valence-electron chi connectivity index (χ0n) is 12.8. The van der Waals surface area contributed by atoms with Crippen LogP contribution >= 0.6 is 0 Å². The summed E-state index contributed by atoms with van der Waals surface area (Å²) >= 11 is 0. The number of alkyl halides is 2. The molecule has 3 heterocycles. The SMILES string of the molecule is CCN1CCC2(CN(C(=O)c3ccncn3)CC(F)(F)C2)C1=O. The highest BCUT2D eigenvalue weighted by molar-refractivity contribution is 5.93. The van der Waals surface area contributed by atoms with Gasteiger partial charge in [-0.1, -0.05) is 0 Å². The van der Waals surface area contributed by atoms with E-state index in [-0.39, 0.29) is 18.1 Å². The Morgan fingerprint density at radius 1 is 1.39 bits per heavy atom.